The fourth-order valence-electron chi connectivity index (χ4n) is 3.40. The zero-order valence-electron chi connectivity index (χ0n) is 16.8. The van der Waals surface area contributed by atoms with Crippen molar-refractivity contribution in [1.82, 2.24) is 19.5 Å². The van der Waals surface area contributed by atoms with Crippen molar-refractivity contribution in [3.8, 4) is 11.5 Å². The number of nitrogens with one attached hydrogen (secondary N) is 1. The maximum Gasteiger partial charge on any atom is 0.274 e. The molecule has 2 aromatic carbocycles. The van der Waals surface area contributed by atoms with E-state index in [9.17, 15) is 4.79 Å². The lowest BCUT2D eigenvalue weighted by Crippen LogP contribution is -2.15. The number of benzene rings is 2. The van der Waals surface area contributed by atoms with Crippen LogP contribution in [0.5, 0.6) is 0 Å². The first-order chi connectivity index (χ1) is 15.2. The number of carbonyl (C=O) groups excluding carboxylic acids is 1. The van der Waals surface area contributed by atoms with Gasteiger partial charge in [-0.3, -0.25) is 9.20 Å². The second kappa shape index (κ2) is 7.87. The van der Waals surface area contributed by atoms with Gasteiger partial charge in [-0.25, -0.2) is 4.98 Å². The molecule has 3 aromatic heterocycles. The summed E-state index contributed by atoms with van der Waals surface area (Å²) in [6, 6.07) is 21.2. The molecule has 0 spiro atoms. The lowest BCUT2D eigenvalue weighted by Gasteiger charge is -2.09. The van der Waals surface area contributed by atoms with Gasteiger partial charge in [-0.2, -0.15) is 4.98 Å². The Morgan fingerprint density at radius 3 is 2.77 bits per heavy atom. The van der Waals surface area contributed by atoms with Gasteiger partial charge < -0.3 is 9.84 Å². The Kier molecular flexibility index (Phi) is 4.76. The van der Waals surface area contributed by atoms with Crippen LogP contribution in [0.1, 0.15) is 27.4 Å². The van der Waals surface area contributed by atoms with Crippen LogP contribution in [0.15, 0.2) is 83.6 Å². The van der Waals surface area contributed by atoms with Gasteiger partial charge in [-0.15, -0.1) is 0 Å². The van der Waals surface area contributed by atoms with E-state index in [1.54, 1.807) is 10.6 Å². The van der Waals surface area contributed by atoms with Crippen molar-refractivity contribution in [2.45, 2.75) is 13.3 Å². The van der Waals surface area contributed by atoms with Crippen molar-refractivity contribution in [3.05, 3.63) is 102 Å². The molecule has 5 rings (SSSR count). The number of pyridine rings is 1. The van der Waals surface area contributed by atoms with Crippen molar-refractivity contribution in [2.24, 2.45) is 0 Å². The Bertz CT molecular complexity index is 1370. The Hall–Kier alpha value is -4.26. The van der Waals surface area contributed by atoms with E-state index in [1.165, 1.54) is 0 Å². The molecule has 0 aliphatic heterocycles. The number of aromatic nitrogens is 4. The molecule has 0 bridgehead atoms. The SMILES string of the molecule is Cc1ccc(-c2nc(Cc3ccccc3)no2)cc1NC(=O)c1cnc2ccccn12. The molecule has 1 amide bonds. The largest absolute Gasteiger partial charge is 0.334 e. The number of rotatable bonds is 5. The van der Waals surface area contributed by atoms with E-state index >= 15 is 0 Å². The monoisotopic (exact) mass is 409 g/mol. The molecule has 0 atom stereocenters. The normalized spacial score (nSPS) is 11.0. The summed E-state index contributed by atoms with van der Waals surface area (Å²) in [5.41, 5.74) is 4.63. The van der Waals surface area contributed by atoms with E-state index in [-0.39, 0.29) is 5.91 Å². The van der Waals surface area contributed by atoms with E-state index < -0.39 is 0 Å². The third kappa shape index (κ3) is 3.81. The number of fused-ring (bicyclic) bond motifs is 1. The van der Waals surface area contributed by atoms with Gasteiger partial charge in [0, 0.05) is 23.9 Å². The minimum atomic E-state index is -0.241. The van der Waals surface area contributed by atoms with Crippen molar-refractivity contribution >= 4 is 17.2 Å². The molecule has 7 heteroatoms. The minimum absolute atomic E-state index is 0.241. The lowest BCUT2D eigenvalue weighted by molar-refractivity contribution is 0.102. The zero-order chi connectivity index (χ0) is 21.2. The van der Waals surface area contributed by atoms with E-state index in [0.29, 0.717) is 29.5 Å². The van der Waals surface area contributed by atoms with Crippen LogP contribution in [0.4, 0.5) is 5.69 Å². The number of carbonyl (C=O) groups is 1. The molecule has 0 unspecified atom stereocenters. The topological polar surface area (TPSA) is 85.3 Å². The predicted octanol–water partition coefficient (Wildman–Crippen LogP) is 4.54. The number of amides is 1. The highest BCUT2D eigenvalue weighted by molar-refractivity contribution is 6.04. The molecule has 31 heavy (non-hydrogen) atoms. The van der Waals surface area contributed by atoms with E-state index in [2.05, 4.69) is 20.4 Å². The molecule has 5 aromatic rings. The summed E-state index contributed by atoms with van der Waals surface area (Å²) in [7, 11) is 0. The van der Waals surface area contributed by atoms with Crippen molar-refractivity contribution < 1.29 is 9.32 Å². The van der Waals surface area contributed by atoms with Crippen molar-refractivity contribution in [1.29, 1.82) is 0 Å². The smallest absolute Gasteiger partial charge is 0.274 e. The summed E-state index contributed by atoms with van der Waals surface area (Å²) >= 11 is 0. The average Bonchev–Trinajstić information content (AvgIpc) is 3.43. The molecule has 7 nitrogen and oxygen atoms in total. The fourth-order valence-corrected chi connectivity index (χ4v) is 3.40. The Labute approximate surface area is 178 Å². The van der Waals surface area contributed by atoms with Crippen LogP contribution in [0, 0.1) is 6.92 Å². The first-order valence-electron chi connectivity index (χ1n) is 9.88. The number of anilines is 1. The van der Waals surface area contributed by atoms with E-state index in [1.807, 2.05) is 79.9 Å². The molecule has 3 heterocycles. The van der Waals surface area contributed by atoms with Gasteiger partial charge in [-0.1, -0.05) is 47.6 Å². The summed E-state index contributed by atoms with van der Waals surface area (Å²) in [5.74, 6) is 0.781. The highest BCUT2D eigenvalue weighted by Gasteiger charge is 2.15. The number of aryl methyl sites for hydroxylation is 1. The summed E-state index contributed by atoms with van der Waals surface area (Å²) < 4.78 is 7.22. The molecule has 0 fully saturated rings. The summed E-state index contributed by atoms with van der Waals surface area (Å²) in [6.45, 7) is 1.93. The molecule has 0 aliphatic carbocycles. The molecular weight excluding hydrogens is 390 g/mol. The number of nitrogens with zero attached hydrogens (tertiary/aromatic N) is 4. The van der Waals surface area contributed by atoms with Gasteiger partial charge >= 0.3 is 0 Å². The molecular formula is C24H19N5O2. The van der Waals surface area contributed by atoms with Crippen LogP contribution in [0.3, 0.4) is 0 Å². The highest BCUT2D eigenvalue weighted by Crippen LogP contribution is 2.25. The van der Waals surface area contributed by atoms with Crippen LogP contribution in [-0.4, -0.2) is 25.4 Å². The summed E-state index contributed by atoms with van der Waals surface area (Å²) in [5, 5.41) is 7.06. The molecule has 0 aliphatic rings. The third-order valence-corrected chi connectivity index (χ3v) is 5.06. The van der Waals surface area contributed by atoms with Gasteiger partial charge in [0.1, 0.15) is 11.3 Å². The number of hydrogen-bond acceptors (Lipinski definition) is 5. The maximum absolute atomic E-state index is 12.9. The Morgan fingerprint density at radius 1 is 1.06 bits per heavy atom. The molecule has 0 radical (unpaired) electrons. The van der Waals surface area contributed by atoms with Gasteiger partial charge in [0.05, 0.1) is 6.20 Å². The minimum Gasteiger partial charge on any atom is -0.334 e. The van der Waals surface area contributed by atoms with Crippen LogP contribution in [0.2, 0.25) is 0 Å². The summed E-state index contributed by atoms with van der Waals surface area (Å²) in [4.78, 5) is 21.7. The Morgan fingerprint density at radius 2 is 1.90 bits per heavy atom. The molecule has 0 saturated carbocycles. The molecule has 0 saturated heterocycles. The molecule has 1 N–H and O–H groups in total. The van der Waals surface area contributed by atoms with Crippen molar-refractivity contribution in [2.75, 3.05) is 5.32 Å². The first kappa shape index (κ1) is 18.7. The average molecular weight is 409 g/mol. The standard InChI is InChI=1S/C24H19N5O2/c1-16-10-11-18(24-27-21(28-31-24)13-17-7-3-2-4-8-17)14-19(16)26-23(30)20-15-25-22-9-5-6-12-29(20)22/h2-12,14-15H,13H2,1H3,(H,26,30). The fraction of sp³-hybridized carbons (Fsp3) is 0.0833. The number of imidazole rings is 1. The first-order valence-corrected chi connectivity index (χ1v) is 9.88. The van der Waals surface area contributed by atoms with Crippen LogP contribution >= 0.6 is 0 Å². The van der Waals surface area contributed by atoms with Gasteiger partial charge in [0.15, 0.2) is 5.82 Å². The van der Waals surface area contributed by atoms with Gasteiger partial charge in [0.25, 0.3) is 11.8 Å². The van der Waals surface area contributed by atoms with E-state index in [4.69, 9.17) is 4.52 Å². The maximum atomic E-state index is 12.9. The van der Waals surface area contributed by atoms with Gasteiger partial charge in [0.2, 0.25) is 0 Å². The van der Waals surface area contributed by atoms with E-state index in [0.717, 1.165) is 22.3 Å². The summed E-state index contributed by atoms with van der Waals surface area (Å²) in [6.07, 6.45) is 3.97. The number of hydrogen-bond donors (Lipinski definition) is 1. The second-order valence-electron chi connectivity index (χ2n) is 7.23. The second-order valence-corrected chi connectivity index (χ2v) is 7.23. The van der Waals surface area contributed by atoms with Crippen LogP contribution in [0.25, 0.3) is 17.1 Å². The predicted molar refractivity (Wildman–Crippen MR) is 117 cm³/mol. The van der Waals surface area contributed by atoms with Gasteiger partial charge in [-0.05, 0) is 42.3 Å². The zero-order valence-corrected chi connectivity index (χ0v) is 16.8. The molecule has 152 valence electrons. The quantitative estimate of drug-likeness (QED) is 0.461. The Balaban J connectivity index is 1.39. The van der Waals surface area contributed by atoms with Crippen LogP contribution in [-0.2, 0) is 6.42 Å². The highest BCUT2D eigenvalue weighted by atomic mass is 16.5. The van der Waals surface area contributed by atoms with Crippen LogP contribution < -0.4 is 5.32 Å². The third-order valence-electron chi connectivity index (χ3n) is 5.06. The lowest BCUT2D eigenvalue weighted by atomic mass is 10.1. The van der Waals surface area contributed by atoms with Crippen molar-refractivity contribution in [3.63, 3.8) is 0 Å².